The first-order valence-corrected chi connectivity index (χ1v) is 7.87. The molecule has 2 aliphatic rings. The van der Waals surface area contributed by atoms with Crippen LogP contribution in [0.15, 0.2) is 0 Å². The van der Waals surface area contributed by atoms with Crippen molar-refractivity contribution in [3.05, 3.63) is 0 Å². The first-order chi connectivity index (χ1) is 8.95. The third kappa shape index (κ3) is 4.17. The third-order valence-corrected chi connectivity index (χ3v) is 5.04. The van der Waals surface area contributed by atoms with E-state index < -0.39 is 0 Å². The van der Waals surface area contributed by atoms with Crippen LogP contribution < -0.4 is 5.32 Å². The van der Waals surface area contributed by atoms with E-state index >= 15 is 0 Å². The van der Waals surface area contributed by atoms with Gasteiger partial charge in [-0.2, -0.15) is 0 Å². The van der Waals surface area contributed by atoms with Gasteiger partial charge in [0.25, 0.3) is 0 Å². The van der Waals surface area contributed by atoms with Crippen LogP contribution in [0, 0.1) is 16.7 Å². The molecule has 0 aromatic carbocycles. The molecule has 112 valence electrons. The molecule has 2 unspecified atom stereocenters. The Labute approximate surface area is 118 Å². The summed E-state index contributed by atoms with van der Waals surface area (Å²) in [5.41, 5.74) is 0.514. The molecule has 0 bridgehead atoms. The van der Waals surface area contributed by atoms with Gasteiger partial charge in [0.15, 0.2) is 0 Å². The van der Waals surface area contributed by atoms with E-state index in [9.17, 15) is 5.11 Å². The number of hydrogen-bond donors (Lipinski definition) is 2. The van der Waals surface area contributed by atoms with E-state index in [-0.39, 0.29) is 12.0 Å². The molecular weight excluding hydrogens is 238 g/mol. The highest BCUT2D eigenvalue weighted by atomic mass is 16.5. The minimum absolute atomic E-state index is 0.0586. The summed E-state index contributed by atoms with van der Waals surface area (Å²) in [5.74, 6) is 0.806. The Kier molecular flexibility index (Phi) is 4.91. The van der Waals surface area contributed by atoms with Crippen molar-refractivity contribution in [2.75, 3.05) is 26.4 Å². The molecule has 0 spiro atoms. The van der Waals surface area contributed by atoms with Crippen LogP contribution >= 0.6 is 0 Å². The highest BCUT2D eigenvalue weighted by Gasteiger charge is 2.35. The van der Waals surface area contributed by atoms with Gasteiger partial charge in [0.05, 0.1) is 6.61 Å². The zero-order valence-corrected chi connectivity index (χ0v) is 12.9. The first-order valence-electron chi connectivity index (χ1n) is 7.87. The van der Waals surface area contributed by atoms with Crippen LogP contribution in [0.4, 0.5) is 0 Å². The summed E-state index contributed by atoms with van der Waals surface area (Å²) in [6.07, 6.45) is 5.85. The number of aliphatic hydroxyl groups excluding tert-OH is 1. The number of nitrogens with one attached hydrogen (secondary N) is 1. The molecule has 1 aliphatic carbocycles. The Balaban J connectivity index is 1.86. The van der Waals surface area contributed by atoms with Crippen molar-refractivity contribution in [1.82, 2.24) is 5.32 Å². The van der Waals surface area contributed by atoms with Crippen molar-refractivity contribution >= 4 is 0 Å². The highest BCUT2D eigenvalue weighted by molar-refractivity contribution is 4.90. The molecule has 3 heteroatoms. The number of aliphatic hydroxyl groups is 1. The minimum atomic E-state index is 0.0586. The predicted molar refractivity (Wildman–Crippen MR) is 78.2 cm³/mol. The number of ether oxygens (including phenoxy) is 1. The summed E-state index contributed by atoms with van der Waals surface area (Å²) in [4.78, 5) is 0. The zero-order chi connectivity index (χ0) is 13.9. The van der Waals surface area contributed by atoms with Crippen molar-refractivity contribution in [3.8, 4) is 0 Å². The molecule has 2 atom stereocenters. The largest absolute Gasteiger partial charge is 0.396 e. The fourth-order valence-electron chi connectivity index (χ4n) is 4.06. The molecule has 0 amide bonds. The molecule has 2 rings (SSSR count). The Morgan fingerprint density at radius 3 is 2.47 bits per heavy atom. The van der Waals surface area contributed by atoms with Gasteiger partial charge in [-0.3, -0.25) is 0 Å². The summed E-state index contributed by atoms with van der Waals surface area (Å²) in [7, 11) is 0. The van der Waals surface area contributed by atoms with Crippen LogP contribution in [-0.4, -0.2) is 37.5 Å². The Hall–Kier alpha value is -0.120. The first kappa shape index (κ1) is 15.3. The Morgan fingerprint density at radius 2 is 1.89 bits per heavy atom. The average molecular weight is 269 g/mol. The van der Waals surface area contributed by atoms with Crippen LogP contribution in [0.1, 0.15) is 52.9 Å². The van der Waals surface area contributed by atoms with Crippen molar-refractivity contribution in [1.29, 1.82) is 0 Å². The van der Waals surface area contributed by atoms with Crippen LogP contribution in [0.2, 0.25) is 0 Å². The lowest BCUT2D eigenvalue weighted by molar-refractivity contribution is -0.0185. The smallest absolute Gasteiger partial charge is 0.0501 e. The van der Waals surface area contributed by atoms with Crippen molar-refractivity contribution in [3.63, 3.8) is 0 Å². The van der Waals surface area contributed by atoms with Crippen LogP contribution in [0.3, 0.4) is 0 Å². The summed E-state index contributed by atoms with van der Waals surface area (Å²) in [6, 6.07) is 0.616. The van der Waals surface area contributed by atoms with E-state index in [4.69, 9.17) is 4.74 Å². The van der Waals surface area contributed by atoms with Gasteiger partial charge in [-0.05, 0) is 43.4 Å². The van der Waals surface area contributed by atoms with E-state index in [0.29, 0.717) is 11.5 Å². The molecule has 2 N–H and O–H groups in total. The van der Waals surface area contributed by atoms with E-state index in [1.54, 1.807) is 0 Å². The van der Waals surface area contributed by atoms with E-state index in [1.807, 2.05) is 0 Å². The monoisotopic (exact) mass is 269 g/mol. The van der Waals surface area contributed by atoms with Crippen molar-refractivity contribution < 1.29 is 9.84 Å². The second kappa shape index (κ2) is 6.11. The van der Waals surface area contributed by atoms with Crippen LogP contribution in [0.25, 0.3) is 0 Å². The molecule has 0 radical (unpaired) electrons. The van der Waals surface area contributed by atoms with E-state index in [1.165, 1.54) is 19.3 Å². The molecule has 1 saturated heterocycles. The predicted octanol–water partition coefficient (Wildman–Crippen LogP) is 2.58. The second-order valence-electron chi connectivity index (χ2n) is 7.76. The summed E-state index contributed by atoms with van der Waals surface area (Å²) < 4.78 is 5.43. The molecular formula is C16H31NO2. The van der Waals surface area contributed by atoms with E-state index in [2.05, 4.69) is 26.1 Å². The molecule has 1 heterocycles. The third-order valence-electron chi connectivity index (χ3n) is 5.04. The number of hydrogen-bond acceptors (Lipinski definition) is 3. The van der Waals surface area contributed by atoms with Crippen molar-refractivity contribution in [2.45, 2.75) is 58.9 Å². The lowest BCUT2D eigenvalue weighted by Crippen LogP contribution is -2.48. The maximum atomic E-state index is 9.73. The van der Waals surface area contributed by atoms with Crippen LogP contribution in [-0.2, 0) is 4.74 Å². The Bertz CT molecular complexity index is 284. The average Bonchev–Trinajstić information content (AvgIpc) is 2.35. The lowest BCUT2D eigenvalue weighted by Gasteiger charge is -2.42. The molecule has 1 aliphatic heterocycles. The summed E-state index contributed by atoms with van der Waals surface area (Å²) >= 11 is 0. The molecule has 0 aromatic heterocycles. The molecule has 3 nitrogen and oxygen atoms in total. The fraction of sp³-hybridized carbons (Fsp3) is 1.00. The molecule has 0 aromatic rings. The normalized spacial score (nSPS) is 34.1. The molecule has 2 fully saturated rings. The maximum Gasteiger partial charge on any atom is 0.0501 e. The quantitative estimate of drug-likeness (QED) is 0.824. The minimum Gasteiger partial charge on any atom is -0.396 e. The lowest BCUT2D eigenvalue weighted by atomic mass is 9.70. The zero-order valence-electron chi connectivity index (χ0n) is 12.9. The van der Waals surface area contributed by atoms with Gasteiger partial charge in [0.2, 0.25) is 0 Å². The standard InChI is InChI=1S/C16H31NO2/c1-13-8-14(10-15(2,3)9-13)17-11-16(12-18)4-6-19-7-5-16/h13-14,17-18H,4-12H2,1-3H3. The highest BCUT2D eigenvalue weighted by Crippen LogP contribution is 2.39. The Morgan fingerprint density at radius 1 is 1.21 bits per heavy atom. The van der Waals surface area contributed by atoms with Gasteiger partial charge in [-0.15, -0.1) is 0 Å². The van der Waals surface area contributed by atoms with Gasteiger partial charge >= 0.3 is 0 Å². The topological polar surface area (TPSA) is 41.5 Å². The van der Waals surface area contributed by atoms with Crippen LogP contribution in [0.5, 0.6) is 0 Å². The maximum absolute atomic E-state index is 9.73. The van der Waals surface area contributed by atoms with Gasteiger partial charge in [0.1, 0.15) is 0 Å². The molecule has 1 saturated carbocycles. The fourth-order valence-corrected chi connectivity index (χ4v) is 4.06. The molecule has 19 heavy (non-hydrogen) atoms. The number of rotatable bonds is 4. The van der Waals surface area contributed by atoms with Gasteiger partial charge in [-0.1, -0.05) is 20.8 Å². The second-order valence-corrected chi connectivity index (χ2v) is 7.76. The van der Waals surface area contributed by atoms with E-state index in [0.717, 1.165) is 38.5 Å². The summed E-state index contributed by atoms with van der Waals surface area (Å²) in [6.45, 7) is 9.96. The van der Waals surface area contributed by atoms with Gasteiger partial charge < -0.3 is 15.2 Å². The van der Waals surface area contributed by atoms with Gasteiger partial charge in [0, 0.05) is 31.2 Å². The summed E-state index contributed by atoms with van der Waals surface area (Å²) in [5, 5.41) is 13.5. The van der Waals surface area contributed by atoms with Crippen molar-refractivity contribution in [2.24, 2.45) is 16.7 Å². The van der Waals surface area contributed by atoms with Gasteiger partial charge in [-0.25, -0.2) is 0 Å². The SMILES string of the molecule is CC1CC(NCC2(CO)CCOCC2)CC(C)(C)C1.